The van der Waals surface area contributed by atoms with Crippen LogP contribution in [0.4, 0.5) is 0 Å². The summed E-state index contributed by atoms with van der Waals surface area (Å²) in [5.74, 6) is 1.91. The summed E-state index contributed by atoms with van der Waals surface area (Å²) in [6.07, 6.45) is 7.02. The van der Waals surface area contributed by atoms with E-state index in [1.807, 2.05) is 49.4 Å². The van der Waals surface area contributed by atoms with E-state index in [0.29, 0.717) is 41.6 Å². The molecule has 2 saturated carbocycles. The van der Waals surface area contributed by atoms with Gasteiger partial charge in [0.25, 0.3) is 11.8 Å². The molecular formula is C27H25ClN2O4. The average molecular weight is 477 g/mol. The van der Waals surface area contributed by atoms with Crippen LogP contribution in [0.5, 0.6) is 11.5 Å². The molecule has 0 spiro atoms. The highest BCUT2D eigenvalue weighted by Gasteiger charge is 2.67. The molecule has 0 unspecified atom stereocenters. The topological polar surface area (TPSA) is 68.2 Å². The van der Waals surface area contributed by atoms with Gasteiger partial charge in [0.1, 0.15) is 6.61 Å². The molecule has 2 bridgehead atoms. The third-order valence-electron chi connectivity index (χ3n) is 7.54. The van der Waals surface area contributed by atoms with Gasteiger partial charge >= 0.3 is 0 Å². The van der Waals surface area contributed by atoms with Gasteiger partial charge in [-0.25, -0.2) is 0 Å². The molecule has 1 aliphatic heterocycles. The van der Waals surface area contributed by atoms with E-state index in [1.165, 1.54) is 0 Å². The Hall–Kier alpha value is -3.12. The number of carbonyl (C=O) groups is 2. The summed E-state index contributed by atoms with van der Waals surface area (Å²) >= 11 is 5.95. The monoisotopic (exact) mass is 476 g/mol. The average Bonchev–Trinajstić information content (AvgIpc) is 3.63. The first-order chi connectivity index (χ1) is 16.5. The molecule has 1 heterocycles. The number of nitrogens with zero attached hydrogens (tertiary/aromatic N) is 2. The first kappa shape index (κ1) is 21.4. The zero-order valence-corrected chi connectivity index (χ0v) is 19.5. The van der Waals surface area contributed by atoms with Crippen molar-refractivity contribution in [3.63, 3.8) is 0 Å². The van der Waals surface area contributed by atoms with E-state index in [2.05, 4.69) is 17.3 Å². The van der Waals surface area contributed by atoms with Crippen LogP contribution in [0.15, 0.2) is 59.7 Å². The molecule has 34 heavy (non-hydrogen) atoms. The van der Waals surface area contributed by atoms with Gasteiger partial charge in [-0.1, -0.05) is 35.9 Å². The van der Waals surface area contributed by atoms with Gasteiger partial charge < -0.3 is 9.47 Å². The number of benzene rings is 2. The van der Waals surface area contributed by atoms with Gasteiger partial charge in [-0.15, -0.1) is 0 Å². The first-order valence-electron chi connectivity index (χ1n) is 11.8. The molecule has 4 aliphatic carbocycles. The predicted octanol–water partition coefficient (Wildman–Crippen LogP) is 4.70. The van der Waals surface area contributed by atoms with Gasteiger partial charge in [0.05, 0.1) is 24.7 Å². The summed E-state index contributed by atoms with van der Waals surface area (Å²) in [6.45, 7) is 2.75. The van der Waals surface area contributed by atoms with E-state index in [4.69, 9.17) is 21.1 Å². The van der Waals surface area contributed by atoms with Crippen molar-refractivity contribution in [1.82, 2.24) is 5.01 Å². The van der Waals surface area contributed by atoms with Crippen molar-refractivity contribution < 1.29 is 19.1 Å². The van der Waals surface area contributed by atoms with Crippen LogP contribution in [0.25, 0.3) is 0 Å². The molecule has 0 radical (unpaired) electrons. The van der Waals surface area contributed by atoms with Crippen LogP contribution in [0.1, 0.15) is 24.5 Å². The fraction of sp³-hybridized carbons (Fsp3) is 0.370. The maximum absolute atomic E-state index is 13.1. The van der Waals surface area contributed by atoms with Crippen LogP contribution >= 0.6 is 11.6 Å². The first-order valence-corrected chi connectivity index (χ1v) is 12.2. The normalized spacial score (nSPS) is 30.6. The zero-order valence-electron chi connectivity index (χ0n) is 18.8. The van der Waals surface area contributed by atoms with E-state index in [9.17, 15) is 9.59 Å². The van der Waals surface area contributed by atoms with Crippen LogP contribution < -0.4 is 9.47 Å². The Morgan fingerprint density at radius 1 is 0.971 bits per heavy atom. The molecule has 7 rings (SSSR count). The number of hydrogen-bond acceptors (Lipinski definition) is 5. The maximum atomic E-state index is 13.1. The molecule has 2 aromatic carbocycles. The number of allylic oxidation sites excluding steroid dienone is 2. The summed E-state index contributed by atoms with van der Waals surface area (Å²) in [5, 5.41) is 6.10. The Morgan fingerprint density at radius 3 is 2.29 bits per heavy atom. The van der Waals surface area contributed by atoms with Crippen LogP contribution in [-0.2, 0) is 16.2 Å². The van der Waals surface area contributed by atoms with Gasteiger partial charge in [0, 0.05) is 5.02 Å². The third-order valence-corrected chi connectivity index (χ3v) is 7.79. The molecule has 3 fully saturated rings. The summed E-state index contributed by atoms with van der Waals surface area (Å²) < 4.78 is 11.7. The highest BCUT2D eigenvalue weighted by Crippen LogP contribution is 2.65. The Balaban J connectivity index is 1.18. The van der Waals surface area contributed by atoms with Crippen molar-refractivity contribution in [1.29, 1.82) is 0 Å². The molecule has 6 atom stereocenters. The van der Waals surface area contributed by atoms with Gasteiger partial charge in [-0.3, -0.25) is 9.59 Å². The lowest BCUT2D eigenvalue weighted by Gasteiger charge is -2.37. The smallest absolute Gasteiger partial charge is 0.254 e. The van der Waals surface area contributed by atoms with Crippen molar-refractivity contribution in [3.05, 3.63) is 70.8 Å². The second kappa shape index (κ2) is 8.27. The molecule has 7 heteroatoms. The minimum Gasteiger partial charge on any atom is -0.490 e. The highest BCUT2D eigenvalue weighted by atomic mass is 35.5. The van der Waals surface area contributed by atoms with Crippen molar-refractivity contribution in [2.45, 2.75) is 20.0 Å². The van der Waals surface area contributed by atoms with E-state index < -0.39 is 0 Å². The fourth-order valence-electron chi connectivity index (χ4n) is 5.91. The van der Waals surface area contributed by atoms with Gasteiger partial charge in [-0.05, 0) is 78.5 Å². The fourth-order valence-corrected chi connectivity index (χ4v) is 6.04. The molecule has 2 aromatic rings. The number of hydrogen-bond donors (Lipinski definition) is 0. The summed E-state index contributed by atoms with van der Waals surface area (Å²) in [5.41, 5.74) is 1.72. The quantitative estimate of drug-likeness (QED) is 0.330. The van der Waals surface area contributed by atoms with E-state index in [1.54, 1.807) is 6.21 Å². The Labute approximate surface area is 203 Å². The number of ether oxygens (including phenoxy) is 2. The molecule has 0 aromatic heterocycles. The largest absolute Gasteiger partial charge is 0.490 e. The van der Waals surface area contributed by atoms with Gasteiger partial charge in [0.2, 0.25) is 0 Å². The Kier molecular flexibility index (Phi) is 5.21. The van der Waals surface area contributed by atoms with Crippen molar-refractivity contribution in [2.75, 3.05) is 6.61 Å². The lowest BCUT2D eigenvalue weighted by atomic mass is 9.63. The number of hydrazone groups is 1. The Bertz CT molecular complexity index is 1170. The van der Waals surface area contributed by atoms with Crippen LogP contribution in [0.2, 0.25) is 5.02 Å². The molecule has 5 aliphatic rings. The van der Waals surface area contributed by atoms with Crippen LogP contribution in [-0.4, -0.2) is 29.6 Å². The van der Waals surface area contributed by atoms with Crippen molar-refractivity contribution in [3.8, 4) is 11.5 Å². The molecule has 0 N–H and O–H groups in total. The van der Waals surface area contributed by atoms with Crippen LogP contribution in [0.3, 0.4) is 0 Å². The third kappa shape index (κ3) is 3.52. The lowest BCUT2D eigenvalue weighted by molar-refractivity contribution is -0.140. The molecule has 1 saturated heterocycles. The van der Waals surface area contributed by atoms with Crippen molar-refractivity contribution in [2.24, 2.45) is 40.6 Å². The molecular weight excluding hydrogens is 452 g/mol. The number of rotatable bonds is 7. The minimum absolute atomic E-state index is 0.163. The summed E-state index contributed by atoms with van der Waals surface area (Å²) in [7, 11) is 0. The summed E-state index contributed by atoms with van der Waals surface area (Å²) in [4.78, 5) is 26.2. The molecule has 174 valence electrons. The highest BCUT2D eigenvalue weighted by molar-refractivity contribution is 6.30. The maximum Gasteiger partial charge on any atom is 0.254 e. The second-order valence-electron chi connectivity index (χ2n) is 9.44. The van der Waals surface area contributed by atoms with E-state index >= 15 is 0 Å². The lowest BCUT2D eigenvalue weighted by Crippen LogP contribution is -2.40. The number of halogens is 1. The SMILES string of the molecule is CCOc1cc(C=NN2C(=O)[C@@H]3[C@H]4C=C[C@@H]([C@@H]5C[C@@H]45)[C@@H]3C2=O)ccc1OCc1ccc(Cl)cc1. The second-order valence-corrected chi connectivity index (χ2v) is 9.88. The van der Waals surface area contributed by atoms with Crippen LogP contribution in [0, 0.1) is 35.5 Å². The predicted molar refractivity (Wildman–Crippen MR) is 128 cm³/mol. The zero-order chi connectivity index (χ0) is 23.4. The minimum atomic E-state index is -0.244. The Morgan fingerprint density at radius 2 is 1.65 bits per heavy atom. The number of imide groups is 1. The van der Waals surface area contributed by atoms with E-state index in [-0.39, 0.29) is 35.5 Å². The summed E-state index contributed by atoms with van der Waals surface area (Å²) in [6, 6.07) is 12.9. The number of amides is 2. The standard InChI is InChI=1S/C27H25ClN2O4/c1-2-33-23-11-16(5-10-22(23)34-14-15-3-6-17(28)7-4-15)13-29-30-26(31)24-18-8-9-19(21-12-20(18)21)25(24)27(30)32/h3-11,13,18-21,24-25H,2,12,14H2,1H3/t18-,19-,20-,21-,24-,25+/m0/s1. The van der Waals surface area contributed by atoms with Gasteiger partial charge in [-0.2, -0.15) is 10.1 Å². The number of carbonyl (C=O) groups excluding carboxylic acids is 2. The molecule has 6 nitrogen and oxygen atoms in total. The van der Waals surface area contributed by atoms with E-state index in [0.717, 1.165) is 22.6 Å². The van der Waals surface area contributed by atoms with Gasteiger partial charge in [0.15, 0.2) is 11.5 Å². The van der Waals surface area contributed by atoms with Crippen molar-refractivity contribution >= 4 is 29.6 Å². The molecule has 2 amide bonds.